The van der Waals surface area contributed by atoms with Crippen LogP contribution < -0.4 is 0 Å². The molecule has 4 heterocycles. The lowest BCUT2D eigenvalue weighted by Crippen LogP contribution is -2.57. The van der Waals surface area contributed by atoms with Gasteiger partial charge < -0.3 is 29.1 Å². The topological polar surface area (TPSA) is 109 Å². The van der Waals surface area contributed by atoms with Crippen molar-refractivity contribution in [1.82, 2.24) is 14.7 Å². The molecule has 0 aliphatic carbocycles. The highest BCUT2D eigenvalue weighted by Crippen LogP contribution is 2.58. The van der Waals surface area contributed by atoms with Gasteiger partial charge in [0.05, 0.1) is 31.2 Å². The van der Waals surface area contributed by atoms with E-state index < -0.39 is 35.6 Å². The number of nitrogens with zero attached hydrogens (tertiary/aromatic N) is 3. The van der Waals surface area contributed by atoms with Crippen molar-refractivity contribution in [2.24, 2.45) is 11.8 Å². The second-order valence-electron chi connectivity index (χ2n) is 10.3. The average molecular weight is 520 g/mol. The van der Waals surface area contributed by atoms with Crippen LogP contribution >= 0.6 is 0 Å². The van der Waals surface area contributed by atoms with E-state index in [9.17, 15) is 19.5 Å². The van der Waals surface area contributed by atoms with Gasteiger partial charge in [0.25, 0.3) is 0 Å². The summed E-state index contributed by atoms with van der Waals surface area (Å²) in [5, 5.41) is 9.19. The van der Waals surface area contributed by atoms with Crippen molar-refractivity contribution in [2.75, 3.05) is 65.7 Å². The summed E-state index contributed by atoms with van der Waals surface area (Å²) in [4.78, 5) is 46.8. The van der Waals surface area contributed by atoms with Crippen LogP contribution in [0.4, 0.5) is 0 Å². The van der Waals surface area contributed by atoms with E-state index in [-0.39, 0.29) is 25.0 Å². The molecule has 0 radical (unpaired) electrons. The van der Waals surface area contributed by atoms with Crippen molar-refractivity contribution in [1.29, 1.82) is 0 Å². The van der Waals surface area contributed by atoms with Crippen molar-refractivity contribution < 1.29 is 33.7 Å². The molecule has 4 aliphatic rings. The standard InChI is InChI=1S/C27H41N3O7/c1-3-10-29(13-12-28-14-18-35-19-15-28)25(33)23-27-9-8-20(37-27)21(26(34)36-17-4-2)22(27)24(32)30(23)11-6-5-7-16-31/h3-4,20-23,31H,1-2,5-19H2/t20-,21+,22+,23?,27?/m1/s1. The van der Waals surface area contributed by atoms with Gasteiger partial charge in [0.15, 0.2) is 0 Å². The maximum Gasteiger partial charge on any atom is 0.312 e. The molecule has 1 N–H and O–H groups in total. The Morgan fingerprint density at radius 1 is 1.16 bits per heavy atom. The van der Waals surface area contributed by atoms with Gasteiger partial charge >= 0.3 is 5.97 Å². The highest BCUT2D eigenvalue weighted by atomic mass is 16.6. The smallest absolute Gasteiger partial charge is 0.312 e. The Labute approximate surface area is 219 Å². The molecule has 2 amide bonds. The summed E-state index contributed by atoms with van der Waals surface area (Å²) in [5.74, 6) is -2.29. The van der Waals surface area contributed by atoms with Crippen LogP contribution in [-0.4, -0.2) is 121 Å². The van der Waals surface area contributed by atoms with Crippen LogP contribution in [0.2, 0.25) is 0 Å². The lowest BCUT2D eigenvalue weighted by atomic mass is 9.70. The number of carbonyl (C=O) groups excluding carboxylic acids is 3. The van der Waals surface area contributed by atoms with Crippen LogP contribution in [0, 0.1) is 11.8 Å². The van der Waals surface area contributed by atoms with Gasteiger partial charge in [0, 0.05) is 45.9 Å². The Balaban J connectivity index is 1.59. The van der Waals surface area contributed by atoms with Crippen LogP contribution in [0.15, 0.2) is 25.3 Å². The zero-order valence-electron chi connectivity index (χ0n) is 21.7. The van der Waals surface area contributed by atoms with E-state index in [0.29, 0.717) is 65.1 Å². The van der Waals surface area contributed by atoms with Crippen molar-refractivity contribution >= 4 is 17.8 Å². The number of ether oxygens (including phenoxy) is 3. The van der Waals surface area contributed by atoms with Crippen LogP contribution in [0.25, 0.3) is 0 Å². The highest BCUT2D eigenvalue weighted by Gasteiger charge is 2.75. The molecule has 4 fully saturated rings. The lowest BCUT2D eigenvalue weighted by molar-refractivity contribution is -0.154. The second kappa shape index (κ2) is 12.5. The molecule has 0 aromatic rings. The van der Waals surface area contributed by atoms with Crippen molar-refractivity contribution in [3.63, 3.8) is 0 Å². The third-order valence-corrected chi connectivity index (χ3v) is 8.16. The van der Waals surface area contributed by atoms with E-state index >= 15 is 0 Å². The first-order valence-corrected chi connectivity index (χ1v) is 13.5. The van der Waals surface area contributed by atoms with Crippen LogP contribution in [0.1, 0.15) is 32.1 Å². The summed E-state index contributed by atoms with van der Waals surface area (Å²) >= 11 is 0. The Hall–Kier alpha value is -2.27. The molecule has 5 atom stereocenters. The number of aliphatic hydroxyl groups excluding tert-OH is 1. The third-order valence-electron chi connectivity index (χ3n) is 8.16. The van der Waals surface area contributed by atoms with Crippen LogP contribution in [0.3, 0.4) is 0 Å². The Kier molecular flexibility index (Phi) is 9.39. The predicted octanol–water partition coefficient (Wildman–Crippen LogP) is 0.600. The van der Waals surface area contributed by atoms with Gasteiger partial charge in [-0.25, -0.2) is 0 Å². The molecule has 2 bridgehead atoms. The van der Waals surface area contributed by atoms with E-state index in [0.717, 1.165) is 19.5 Å². The minimum absolute atomic E-state index is 0.0673. The molecule has 4 saturated heterocycles. The molecule has 0 aromatic carbocycles. The summed E-state index contributed by atoms with van der Waals surface area (Å²) in [6, 6.07) is -0.800. The zero-order valence-corrected chi connectivity index (χ0v) is 21.7. The number of unbranched alkanes of at least 4 members (excludes halogenated alkanes) is 2. The maximum absolute atomic E-state index is 14.2. The summed E-state index contributed by atoms with van der Waals surface area (Å²) in [5.41, 5.74) is -1.04. The highest BCUT2D eigenvalue weighted by molar-refractivity contribution is 5.98. The van der Waals surface area contributed by atoms with Gasteiger partial charge in [-0.1, -0.05) is 18.7 Å². The molecule has 0 saturated carbocycles. The number of fused-ring (bicyclic) bond motifs is 1. The number of morpholine rings is 1. The molecular formula is C27H41N3O7. The fraction of sp³-hybridized carbons (Fsp3) is 0.741. The number of aliphatic hydroxyl groups is 1. The summed E-state index contributed by atoms with van der Waals surface area (Å²) in [7, 11) is 0. The number of hydrogen-bond donors (Lipinski definition) is 1. The molecule has 37 heavy (non-hydrogen) atoms. The van der Waals surface area contributed by atoms with Crippen molar-refractivity contribution in [2.45, 2.75) is 49.9 Å². The number of amides is 2. The molecule has 206 valence electrons. The van der Waals surface area contributed by atoms with Crippen molar-refractivity contribution in [3.8, 4) is 0 Å². The quantitative estimate of drug-likeness (QED) is 0.202. The van der Waals surface area contributed by atoms with E-state index in [2.05, 4.69) is 18.1 Å². The first kappa shape index (κ1) is 27.8. The summed E-state index contributed by atoms with van der Waals surface area (Å²) in [6.07, 6.45) is 5.95. The van der Waals surface area contributed by atoms with Crippen LogP contribution in [-0.2, 0) is 28.6 Å². The predicted molar refractivity (Wildman–Crippen MR) is 135 cm³/mol. The van der Waals surface area contributed by atoms with E-state index in [1.807, 2.05) is 0 Å². The van der Waals surface area contributed by atoms with Gasteiger partial charge in [0.2, 0.25) is 11.8 Å². The minimum atomic E-state index is -1.04. The second-order valence-corrected chi connectivity index (χ2v) is 10.3. The maximum atomic E-state index is 14.2. The number of hydrogen-bond acceptors (Lipinski definition) is 8. The summed E-state index contributed by atoms with van der Waals surface area (Å²) < 4.78 is 17.2. The monoisotopic (exact) mass is 519 g/mol. The SMILES string of the molecule is C=CCOC(=O)[C@@H]1[C@H]2C(=O)N(CCCCCO)C(C(=O)N(CC=C)CCN3CCOCC3)C23CC[C@H]1O3. The largest absolute Gasteiger partial charge is 0.461 e. The minimum Gasteiger partial charge on any atom is -0.461 e. The molecule has 10 nitrogen and oxygen atoms in total. The Bertz CT molecular complexity index is 861. The number of rotatable bonds is 14. The Morgan fingerprint density at radius 3 is 2.65 bits per heavy atom. The first-order chi connectivity index (χ1) is 18.0. The van der Waals surface area contributed by atoms with Gasteiger partial charge in [0.1, 0.15) is 18.2 Å². The number of likely N-dealkylation sites (tertiary alicyclic amines) is 1. The Morgan fingerprint density at radius 2 is 1.95 bits per heavy atom. The normalized spacial score (nSPS) is 30.8. The summed E-state index contributed by atoms with van der Waals surface area (Å²) in [6.45, 7) is 12.5. The fourth-order valence-corrected chi connectivity index (χ4v) is 6.46. The lowest BCUT2D eigenvalue weighted by Gasteiger charge is -2.37. The fourth-order valence-electron chi connectivity index (χ4n) is 6.46. The molecule has 2 unspecified atom stereocenters. The zero-order chi connectivity index (χ0) is 26.4. The van der Waals surface area contributed by atoms with E-state index in [1.54, 1.807) is 15.9 Å². The van der Waals surface area contributed by atoms with E-state index in [1.165, 1.54) is 6.08 Å². The van der Waals surface area contributed by atoms with Gasteiger partial charge in [-0.2, -0.15) is 0 Å². The van der Waals surface area contributed by atoms with Gasteiger partial charge in [-0.05, 0) is 32.1 Å². The van der Waals surface area contributed by atoms with Crippen LogP contribution in [0.5, 0.6) is 0 Å². The van der Waals surface area contributed by atoms with Gasteiger partial charge in [-0.15, -0.1) is 6.58 Å². The molecule has 10 heteroatoms. The van der Waals surface area contributed by atoms with E-state index in [4.69, 9.17) is 14.2 Å². The number of esters is 1. The molecule has 1 spiro atoms. The molecule has 4 rings (SSSR count). The molecule has 4 aliphatic heterocycles. The molecule has 0 aromatic heterocycles. The average Bonchev–Trinajstić information content (AvgIpc) is 3.55. The first-order valence-electron chi connectivity index (χ1n) is 13.5. The third kappa shape index (κ3) is 5.48. The van der Waals surface area contributed by atoms with Gasteiger partial charge in [-0.3, -0.25) is 19.3 Å². The van der Waals surface area contributed by atoms with Crippen molar-refractivity contribution in [3.05, 3.63) is 25.3 Å². The molecular weight excluding hydrogens is 478 g/mol. The number of carbonyl (C=O) groups is 3.